The second-order valence-corrected chi connectivity index (χ2v) is 11.9. The van der Waals surface area contributed by atoms with Crippen LogP contribution in [0.3, 0.4) is 0 Å². The van der Waals surface area contributed by atoms with E-state index in [1.165, 1.54) is 0 Å². The van der Waals surface area contributed by atoms with Crippen molar-refractivity contribution < 1.29 is 17.9 Å². The van der Waals surface area contributed by atoms with Crippen molar-refractivity contribution in [1.29, 1.82) is 0 Å². The number of carbonyl (C=O) groups excluding carboxylic acids is 1. The van der Waals surface area contributed by atoms with Gasteiger partial charge in [0.05, 0.1) is 16.6 Å². The largest absolute Gasteiger partial charge is 0.487 e. The third-order valence-electron chi connectivity index (χ3n) is 7.16. The van der Waals surface area contributed by atoms with E-state index in [0.29, 0.717) is 22.7 Å². The number of sulfonamides is 1. The van der Waals surface area contributed by atoms with Crippen LogP contribution >= 0.6 is 11.6 Å². The van der Waals surface area contributed by atoms with Gasteiger partial charge in [-0.15, -0.1) is 0 Å². The van der Waals surface area contributed by atoms with E-state index in [1.54, 1.807) is 49.4 Å². The zero-order valence-corrected chi connectivity index (χ0v) is 23.2. The SMILES string of the molecule is CCC1(CC)CC(NC(=O)CN(c2cc(Cl)ccc2C)S(=O)(=O)c2ccc(C)cc2)c2ccccc2O1. The first kappa shape index (κ1) is 27.0. The molecule has 6 nitrogen and oxygen atoms in total. The van der Waals surface area contributed by atoms with Gasteiger partial charge in [-0.25, -0.2) is 8.42 Å². The van der Waals surface area contributed by atoms with E-state index in [1.807, 2.05) is 31.2 Å². The van der Waals surface area contributed by atoms with E-state index >= 15 is 0 Å². The first-order valence-electron chi connectivity index (χ1n) is 12.5. The molecule has 1 aliphatic heterocycles. The van der Waals surface area contributed by atoms with Crippen LogP contribution in [0.4, 0.5) is 5.69 Å². The highest BCUT2D eigenvalue weighted by molar-refractivity contribution is 7.92. The van der Waals surface area contributed by atoms with Crippen molar-refractivity contribution in [3.05, 3.63) is 88.4 Å². The van der Waals surface area contributed by atoms with E-state index in [9.17, 15) is 13.2 Å². The first-order chi connectivity index (χ1) is 17.6. The number of nitrogens with one attached hydrogen (secondary N) is 1. The van der Waals surface area contributed by atoms with E-state index < -0.39 is 21.5 Å². The highest BCUT2D eigenvalue weighted by Gasteiger charge is 2.39. The maximum absolute atomic E-state index is 13.8. The molecule has 1 unspecified atom stereocenters. The number of nitrogens with zero attached hydrogens (tertiary/aromatic N) is 1. The molecule has 1 atom stereocenters. The number of hydrogen-bond donors (Lipinski definition) is 1. The number of anilines is 1. The van der Waals surface area contributed by atoms with E-state index in [0.717, 1.165) is 34.0 Å². The quantitative estimate of drug-likeness (QED) is 0.361. The number of halogens is 1. The molecule has 37 heavy (non-hydrogen) atoms. The molecular formula is C29H33ClN2O4S. The lowest BCUT2D eigenvalue weighted by atomic mass is 9.83. The van der Waals surface area contributed by atoms with E-state index in [-0.39, 0.29) is 17.5 Å². The molecule has 1 aliphatic rings. The summed E-state index contributed by atoms with van der Waals surface area (Å²) in [5.41, 5.74) is 2.49. The zero-order chi connectivity index (χ0) is 26.8. The van der Waals surface area contributed by atoms with Gasteiger partial charge in [0, 0.05) is 17.0 Å². The third kappa shape index (κ3) is 5.63. The molecule has 3 aromatic rings. The molecule has 0 fully saturated rings. The third-order valence-corrected chi connectivity index (χ3v) is 9.17. The topological polar surface area (TPSA) is 75.7 Å². The van der Waals surface area contributed by atoms with Gasteiger partial charge < -0.3 is 10.1 Å². The van der Waals surface area contributed by atoms with Gasteiger partial charge in [-0.3, -0.25) is 9.10 Å². The Morgan fingerprint density at radius 1 is 1.05 bits per heavy atom. The van der Waals surface area contributed by atoms with Crippen LogP contribution in [0.25, 0.3) is 0 Å². The van der Waals surface area contributed by atoms with Crippen LogP contribution in [0.15, 0.2) is 71.6 Å². The van der Waals surface area contributed by atoms with Gasteiger partial charge in [0.15, 0.2) is 0 Å². The molecule has 1 N–H and O–H groups in total. The fraction of sp³-hybridized carbons (Fsp3) is 0.345. The molecule has 4 rings (SSSR count). The fourth-order valence-corrected chi connectivity index (χ4v) is 6.43. The van der Waals surface area contributed by atoms with Crippen molar-refractivity contribution in [3.8, 4) is 5.75 Å². The minimum Gasteiger partial charge on any atom is -0.487 e. The summed E-state index contributed by atoms with van der Waals surface area (Å²) < 4.78 is 35.1. The number of hydrogen-bond acceptors (Lipinski definition) is 4. The summed E-state index contributed by atoms with van der Waals surface area (Å²) in [7, 11) is -4.05. The lowest BCUT2D eigenvalue weighted by Gasteiger charge is -2.41. The van der Waals surface area contributed by atoms with Crippen LogP contribution in [0, 0.1) is 13.8 Å². The lowest BCUT2D eigenvalue weighted by Crippen LogP contribution is -2.47. The average molecular weight is 541 g/mol. The van der Waals surface area contributed by atoms with Gasteiger partial charge in [0.1, 0.15) is 17.9 Å². The minimum absolute atomic E-state index is 0.109. The lowest BCUT2D eigenvalue weighted by molar-refractivity contribution is -0.121. The van der Waals surface area contributed by atoms with Crippen LogP contribution in [-0.4, -0.2) is 26.5 Å². The van der Waals surface area contributed by atoms with Crippen LogP contribution in [0.2, 0.25) is 5.02 Å². The summed E-state index contributed by atoms with van der Waals surface area (Å²) in [6, 6.07) is 19.0. The van der Waals surface area contributed by atoms with Crippen molar-refractivity contribution in [3.63, 3.8) is 0 Å². The molecular weight excluding hydrogens is 508 g/mol. The van der Waals surface area contributed by atoms with Gasteiger partial charge in [0.2, 0.25) is 5.91 Å². The Morgan fingerprint density at radius 2 is 1.73 bits per heavy atom. The van der Waals surface area contributed by atoms with Crippen molar-refractivity contribution in [1.82, 2.24) is 5.32 Å². The molecule has 0 aliphatic carbocycles. The molecule has 0 radical (unpaired) electrons. The fourth-order valence-electron chi connectivity index (χ4n) is 4.79. The molecule has 196 valence electrons. The molecule has 1 amide bonds. The molecule has 3 aromatic carbocycles. The van der Waals surface area contributed by atoms with Crippen molar-refractivity contribution >= 4 is 33.2 Å². The van der Waals surface area contributed by atoms with Crippen molar-refractivity contribution in [2.75, 3.05) is 10.8 Å². The second-order valence-electron chi connectivity index (χ2n) is 9.61. The Morgan fingerprint density at radius 3 is 2.41 bits per heavy atom. The van der Waals surface area contributed by atoms with Gasteiger partial charge in [-0.05, 0) is 62.6 Å². The molecule has 0 saturated heterocycles. The van der Waals surface area contributed by atoms with Crippen molar-refractivity contribution in [2.45, 2.75) is 63.5 Å². The number of rotatable bonds is 8. The Bertz CT molecular complexity index is 1390. The van der Waals surface area contributed by atoms with Crippen LogP contribution in [-0.2, 0) is 14.8 Å². The summed E-state index contributed by atoms with van der Waals surface area (Å²) in [5.74, 6) is 0.343. The number of amides is 1. The number of carbonyl (C=O) groups is 1. The van der Waals surface area contributed by atoms with Crippen LogP contribution < -0.4 is 14.4 Å². The maximum atomic E-state index is 13.8. The molecule has 0 saturated carbocycles. The summed E-state index contributed by atoms with van der Waals surface area (Å²) in [6.45, 7) is 7.46. The number of fused-ring (bicyclic) bond motifs is 1. The number of ether oxygens (including phenoxy) is 1. The van der Waals surface area contributed by atoms with Crippen LogP contribution in [0.1, 0.15) is 55.8 Å². The highest BCUT2D eigenvalue weighted by atomic mass is 35.5. The normalized spacial score (nSPS) is 16.4. The number of benzene rings is 3. The molecule has 8 heteroatoms. The first-order valence-corrected chi connectivity index (χ1v) is 14.3. The summed E-state index contributed by atoms with van der Waals surface area (Å²) in [6.07, 6.45) is 2.18. The minimum atomic E-state index is -4.05. The number of aryl methyl sites for hydroxylation is 2. The standard InChI is InChI=1S/C29H33ClN2O4S/c1-5-29(6-2)18-25(24-9-7-8-10-27(24)36-29)31-28(33)19-32(26-17-22(30)14-13-21(26)4)37(34,35)23-15-11-20(3)12-16-23/h7-17,25H,5-6,18-19H2,1-4H3,(H,31,33). The molecule has 0 bridgehead atoms. The Kier molecular flexibility index (Phi) is 7.85. The van der Waals surface area contributed by atoms with Gasteiger partial charge in [0.25, 0.3) is 10.0 Å². The highest BCUT2D eigenvalue weighted by Crippen LogP contribution is 2.42. The summed E-state index contributed by atoms with van der Waals surface area (Å²) in [5, 5.41) is 3.50. The van der Waals surface area contributed by atoms with E-state index in [2.05, 4.69) is 19.2 Å². The molecule has 0 spiro atoms. The predicted molar refractivity (Wildman–Crippen MR) is 148 cm³/mol. The van der Waals surface area contributed by atoms with Gasteiger partial charge in [-0.1, -0.05) is 67.4 Å². The Hall–Kier alpha value is -3.03. The smallest absolute Gasteiger partial charge is 0.264 e. The Balaban J connectivity index is 1.69. The average Bonchev–Trinajstić information content (AvgIpc) is 2.89. The van der Waals surface area contributed by atoms with E-state index in [4.69, 9.17) is 16.3 Å². The molecule has 0 aromatic heterocycles. The Labute approximate surface area is 224 Å². The van der Waals surface area contributed by atoms with Crippen LogP contribution in [0.5, 0.6) is 5.75 Å². The van der Waals surface area contributed by atoms with Gasteiger partial charge >= 0.3 is 0 Å². The maximum Gasteiger partial charge on any atom is 0.264 e. The summed E-state index contributed by atoms with van der Waals surface area (Å²) in [4.78, 5) is 13.6. The molecule has 1 heterocycles. The zero-order valence-electron chi connectivity index (χ0n) is 21.6. The predicted octanol–water partition coefficient (Wildman–Crippen LogP) is 6.35. The number of para-hydroxylation sites is 1. The second kappa shape index (κ2) is 10.8. The monoisotopic (exact) mass is 540 g/mol. The van der Waals surface area contributed by atoms with Gasteiger partial charge in [-0.2, -0.15) is 0 Å². The summed E-state index contributed by atoms with van der Waals surface area (Å²) >= 11 is 6.25. The van der Waals surface area contributed by atoms with Crippen molar-refractivity contribution in [2.24, 2.45) is 0 Å².